The number of halogens is 1. The van der Waals surface area contributed by atoms with Gasteiger partial charge in [0.1, 0.15) is 12.4 Å². The highest BCUT2D eigenvalue weighted by molar-refractivity contribution is 6.30. The van der Waals surface area contributed by atoms with Crippen LogP contribution < -0.4 is 10.1 Å². The molecule has 0 bridgehead atoms. The van der Waals surface area contributed by atoms with Gasteiger partial charge in [-0.2, -0.15) is 0 Å². The summed E-state index contributed by atoms with van der Waals surface area (Å²) in [6.45, 7) is 0.830. The molecular weight excluding hydrogens is 312 g/mol. The van der Waals surface area contributed by atoms with Crippen molar-refractivity contribution < 1.29 is 9.53 Å². The van der Waals surface area contributed by atoms with Crippen LogP contribution in [-0.2, 0) is 11.3 Å². The Bertz CT molecular complexity index is 770. The topological polar surface area (TPSA) is 51.2 Å². The predicted octanol–water partition coefficient (Wildman–Crippen LogP) is 3.38. The van der Waals surface area contributed by atoms with Gasteiger partial charge in [-0.25, -0.2) is 0 Å². The molecule has 5 heteroatoms. The zero-order valence-corrected chi connectivity index (χ0v) is 13.1. The second kappa shape index (κ2) is 7.11. The van der Waals surface area contributed by atoms with Gasteiger partial charge in [-0.15, -0.1) is 0 Å². The number of carbonyl (C=O) groups excluding carboxylic acids is 1. The van der Waals surface area contributed by atoms with Gasteiger partial charge in [0.05, 0.1) is 12.2 Å². The van der Waals surface area contributed by atoms with Gasteiger partial charge in [0.15, 0.2) is 0 Å². The van der Waals surface area contributed by atoms with Crippen molar-refractivity contribution in [2.45, 2.75) is 6.54 Å². The summed E-state index contributed by atoms with van der Waals surface area (Å²) in [5.74, 6) is 0.625. The first-order chi connectivity index (χ1) is 11.2. The second-order valence-electron chi connectivity index (χ2n) is 5.06. The highest BCUT2D eigenvalue weighted by atomic mass is 35.5. The van der Waals surface area contributed by atoms with Gasteiger partial charge < -0.3 is 10.1 Å². The lowest BCUT2D eigenvalue weighted by Gasteiger charge is -2.16. The average molecular weight is 327 g/mol. The van der Waals surface area contributed by atoms with Gasteiger partial charge in [-0.1, -0.05) is 23.7 Å². The zero-order chi connectivity index (χ0) is 16.1. The molecule has 1 N–H and O–H groups in total. The van der Waals surface area contributed by atoms with E-state index in [1.54, 1.807) is 18.3 Å². The van der Waals surface area contributed by atoms with E-state index in [0.717, 1.165) is 22.6 Å². The highest BCUT2D eigenvalue weighted by Gasteiger charge is 2.10. The highest BCUT2D eigenvalue weighted by Crippen LogP contribution is 2.29. The van der Waals surface area contributed by atoms with Gasteiger partial charge in [0.2, 0.25) is 5.91 Å². The van der Waals surface area contributed by atoms with E-state index < -0.39 is 0 Å². The number of amides is 1. The number of carbonyl (C=O) groups is 1. The van der Waals surface area contributed by atoms with E-state index in [1.165, 1.54) is 6.08 Å². The van der Waals surface area contributed by atoms with Crippen molar-refractivity contribution in [2.75, 3.05) is 6.61 Å². The number of hydrogen-bond acceptors (Lipinski definition) is 3. The summed E-state index contributed by atoms with van der Waals surface area (Å²) >= 11 is 5.98. The third kappa shape index (κ3) is 4.20. The van der Waals surface area contributed by atoms with Crippen LogP contribution in [0.3, 0.4) is 0 Å². The molecule has 0 atom stereocenters. The van der Waals surface area contributed by atoms with E-state index in [1.807, 2.05) is 36.4 Å². The van der Waals surface area contributed by atoms with Crippen LogP contribution in [0.2, 0.25) is 5.02 Å². The van der Waals surface area contributed by atoms with Crippen LogP contribution in [0.25, 0.3) is 6.08 Å². The second-order valence-corrected chi connectivity index (χ2v) is 5.50. The molecule has 0 radical (unpaired) electrons. The molecule has 1 aromatic heterocycles. The fourth-order valence-electron chi connectivity index (χ4n) is 2.18. The summed E-state index contributed by atoms with van der Waals surface area (Å²) < 4.78 is 5.63. The van der Waals surface area contributed by atoms with E-state index in [0.29, 0.717) is 18.2 Å². The molecule has 1 aliphatic rings. The first-order valence-electron chi connectivity index (χ1n) is 7.19. The molecule has 0 fully saturated rings. The summed E-state index contributed by atoms with van der Waals surface area (Å²) in [6, 6.07) is 11.1. The molecule has 1 aromatic carbocycles. The number of nitrogens with one attached hydrogen (secondary N) is 1. The molecule has 0 saturated carbocycles. The molecule has 2 heterocycles. The molecular formula is C18H15ClN2O2. The lowest BCUT2D eigenvalue weighted by atomic mass is 10.1. The van der Waals surface area contributed by atoms with Crippen molar-refractivity contribution in [1.82, 2.24) is 10.3 Å². The van der Waals surface area contributed by atoms with Crippen LogP contribution in [0, 0.1) is 0 Å². The minimum absolute atomic E-state index is 0.173. The summed E-state index contributed by atoms with van der Waals surface area (Å²) in [7, 11) is 0. The van der Waals surface area contributed by atoms with Gasteiger partial charge >= 0.3 is 0 Å². The lowest BCUT2D eigenvalue weighted by Crippen LogP contribution is -2.21. The van der Waals surface area contributed by atoms with Crippen molar-refractivity contribution in [3.63, 3.8) is 0 Å². The Hall–Kier alpha value is -2.59. The molecule has 1 aliphatic heterocycles. The summed E-state index contributed by atoms with van der Waals surface area (Å²) in [5.41, 5.74) is 2.64. The van der Waals surface area contributed by atoms with Gasteiger partial charge in [0.25, 0.3) is 0 Å². The minimum Gasteiger partial charge on any atom is -0.488 e. The van der Waals surface area contributed by atoms with E-state index >= 15 is 0 Å². The Morgan fingerprint density at radius 1 is 1.35 bits per heavy atom. The standard InChI is InChI=1S/C18H15ClN2O2/c19-15-5-6-17-14(10-15)9-13(12-23-17)4-7-18(22)21-11-16-3-1-2-8-20-16/h1-10H,11-12H2,(H,21,22)/b7-4+. The maximum Gasteiger partial charge on any atom is 0.244 e. The number of hydrogen-bond donors (Lipinski definition) is 1. The van der Waals surface area contributed by atoms with Crippen molar-refractivity contribution in [1.29, 1.82) is 0 Å². The van der Waals surface area contributed by atoms with Crippen LogP contribution in [0.5, 0.6) is 5.75 Å². The number of fused-ring (bicyclic) bond motifs is 1. The fourth-order valence-corrected chi connectivity index (χ4v) is 2.36. The average Bonchev–Trinajstić information content (AvgIpc) is 2.58. The van der Waals surface area contributed by atoms with Gasteiger partial charge in [0, 0.05) is 22.9 Å². The molecule has 116 valence electrons. The quantitative estimate of drug-likeness (QED) is 0.876. The van der Waals surface area contributed by atoms with Crippen LogP contribution in [0.4, 0.5) is 0 Å². The predicted molar refractivity (Wildman–Crippen MR) is 90.1 cm³/mol. The van der Waals surface area contributed by atoms with Crippen molar-refractivity contribution in [3.05, 3.63) is 76.6 Å². The maximum atomic E-state index is 11.8. The lowest BCUT2D eigenvalue weighted by molar-refractivity contribution is -0.116. The molecule has 1 amide bonds. The minimum atomic E-state index is -0.173. The molecule has 2 aromatic rings. The SMILES string of the molecule is O=C(/C=C/C1=Cc2cc(Cl)ccc2OC1)NCc1ccccn1. The molecule has 0 unspecified atom stereocenters. The zero-order valence-electron chi connectivity index (χ0n) is 12.3. The van der Waals surface area contributed by atoms with Crippen molar-refractivity contribution in [3.8, 4) is 5.75 Å². The third-order valence-corrected chi connectivity index (χ3v) is 3.56. The number of rotatable bonds is 4. The Morgan fingerprint density at radius 2 is 2.26 bits per heavy atom. The fraction of sp³-hybridized carbons (Fsp3) is 0.111. The summed E-state index contributed by atoms with van der Waals surface area (Å²) in [4.78, 5) is 16.0. The monoisotopic (exact) mass is 326 g/mol. The number of ether oxygens (including phenoxy) is 1. The molecule has 4 nitrogen and oxygen atoms in total. The first kappa shape index (κ1) is 15.3. The largest absolute Gasteiger partial charge is 0.488 e. The Labute approximate surface area is 139 Å². The van der Waals surface area contributed by atoms with Gasteiger partial charge in [-0.05, 0) is 42.0 Å². The first-order valence-corrected chi connectivity index (χ1v) is 7.57. The normalized spacial score (nSPS) is 13.2. The van der Waals surface area contributed by atoms with Crippen LogP contribution in [0.15, 0.2) is 60.3 Å². The molecule has 0 saturated heterocycles. The Morgan fingerprint density at radius 3 is 3.09 bits per heavy atom. The summed E-state index contributed by atoms with van der Waals surface area (Å²) in [6.07, 6.45) is 6.91. The number of benzene rings is 1. The number of aromatic nitrogens is 1. The van der Waals surface area contributed by atoms with Crippen molar-refractivity contribution >= 4 is 23.6 Å². The van der Waals surface area contributed by atoms with E-state index in [2.05, 4.69) is 10.3 Å². The Kier molecular flexibility index (Phi) is 4.74. The Balaban J connectivity index is 1.60. The number of nitrogens with zero attached hydrogens (tertiary/aromatic N) is 1. The maximum absolute atomic E-state index is 11.8. The van der Waals surface area contributed by atoms with Crippen LogP contribution in [0.1, 0.15) is 11.3 Å². The van der Waals surface area contributed by atoms with E-state index in [-0.39, 0.29) is 5.91 Å². The summed E-state index contributed by atoms with van der Waals surface area (Å²) in [5, 5.41) is 3.44. The molecule has 0 aliphatic carbocycles. The number of pyridine rings is 1. The van der Waals surface area contributed by atoms with Crippen LogP contribution >= 0.6 is 11.6 Å². The molecule has 23 heavy (non-hydrogen) atoms. The van der Waals surface area contributed by atoms with Crippen LogP contribution in [-0.4, -0.2) is 17.5 Å². The molecule has 0 spiro atoms. The van der Waals surface area contributed by atoms with Gasteiger partial charge in [-0.3, -0.25) is 9.78 Å². The van der Waals surface area contributed by atoms with E-state index in [9.17, 15) is 4.79 Å². The van der Waals surface area contributed by atoms with Crippen molar-refractivity contribution in [2.24, 2.45) is 0 Å². The third-order valence-electron chi connectivity index (χ3n) is 3.33. The molecule has 3 rings (SSSR count). The van der Waals surface area contributed by atoms with E-state index in [4.69, 9.17) is 16.3 Å². The smallest absolute Gasteiger partial charge is 0.244 e.